The van der Waals surface area contributed by atoms with E-state index in [2.05, 4.69) is 10.6 Å². The zero-order chi connectivity index (χ0) is 28.2. The zero-order valence-corrected chi connectivity index (χ0v) is 24.7. The smallest absolute Gasteiger partial charge is 0.407 e. The molecule has 2 aromatic carbocycles. The molecule has 2 rings (SSSR count). The minimum Gasteiger partial charge on any atom is -0.444 e. The maximum atomic E-state index is 12.8. The number of rotatable bonds is 14. The Morgan fingerprint density at radius 1 is 0.921 bits per heavy atom. The number of hydrogen-bond acceptors (Lipinski definition) is 6. The Balaban J connectivity index is 1.65. The van der Waals surface area contributed by atoms with Crippen molar-refractivity contribution in [3.05, 3.63) is 54.1 Å². The number of nitrogens with one attached hydrogen (secondary N) is 2. The van der Waals surface area contributed by atoms with Gasteiger partial charge in [-0.05, 0) is 75.8 Å². The Morgan fingerprint density at radius 3 is 2.16 bits per heavy atom. The lowest BCUT2D eigenvalue weighted by molar-refractivity contribution is 0.0526. The van der Waals surface area contributed by atoms with Gasteiger partial charge in [0.15, 0.2) is 0 Å². The Hall–Kier alpha value is -2.72. The molecule has 0 atom stereocenters. The highest BCUT2D eigenvalue weighted by atomic mass is 32.2. The first kappa shape index (κ1) is 31.5. The Bertz CT molecular complexity index is 1150. The number of amides is 2. The molecule has 0 aliphatic carbocycles. The molecule has 0 heterocycles. The Kier molecular flexibility index (Phi) is 12.4. The van der Waals surface area contributed by atoms with Crippen molar-refractivity contribution in [1.29, 1.82) is 0 Å². The molecule has 0 bridgehead atoms. The SMILES string of the molecule is CN(c1ccccc1C(=O)Nc1ccc(SCCCCCCCCNC(=O)OC(C)(C)C)cc1)S(C)(=O)=O. The third-order valence-electron chi connectivity index (χ3n) is 5.61. The average Bonchev–Trinajstić information content (AvgIpc) is 2.84. The van der Waals surface area contributed by atoms with Gasteiger partial charge in [-0.1, -0.05) is 37.8 Å². The average molecular weight is 564 g/mol. The van der Waals surface area contributed by atoms with Gasteiger partial charge < -0.3 is 15.4 Å². The highest BCUT2D eigenvalue weighted by Crippen LogP contribution is 2.25. The largest absolute Gasteiger partial charge is 0.444 e. The quantitative estimate of drug-likeness (QED) is 0.207. The van der Waals surface area contributed by atoms with Crippen LogP contribution in [0.1, 0.15) is 69.7 Å². The molecule has 0 unspecified atom stereocenters. The second kappa shape index (κ2) is 15.0. The lowest BCUT2D eigenvalue weighted by Gasteiger charge is -2.19. The van der Waals surface area contributed by atoms with E-state index in [9.17, 15) is 18.0 Å². The molecular weight excluding hydrogens is 522 g/mol. The summed E-state index contributed by atoms with van der Waals surface area (Å²) in [6.07, 6.45) is 7.42. The van der Waals surface area contributed by atoms with Gasteiger partial charge in [0.05, 0.1) is 17.5 Å². The van der Waals surface area contributed by atoms with Crippen molar-refractivity contribution in [1.82, 2.24) is 5.32 Å². The van der Waals surface area contributed by atoms with Crippen molar-refractivity contribution < 1.29 is 22.7 Å². The number of hydrogen-bond donors (Lipinski definition) is 2. The molecule has 2 aromatic rings. The molecule has 0 radical (unpaired) electrons. The number of unbranched alkanes of at least 4 members (excludes halogenated alkanes) is 5. The molecule has 0 spiro atoms. The highest BCUT2D eigenvalue weighted by Gasteiger charge is 2.19. The van der Waals surface area contributed by atoms with E-state index in [1.54, 1.807) is 36.0 Å². The van der Waals surface area contributed by atoms with E-state index in [-0.39, 0.29) is 17.6 Å². The van der Waals surface area contributed by atoms with E-state index in [0.29, 0.717) is 17.9 Å². The van der Waals surface area contributed by atoms with E-state index in [4.69, 9.17) is 4.74 Å². The summed E-state index contributed by atoms with van der Waals surface area (Å²) in [5, 5.41) is 5.64. The van der Waals surface area contributed by atoms with Crippen molar-refractivity contribution in [3.63, 3.8) is 0 Å². The maximum Gasteiger partial charge on any atom is 0.407 e. The molecule has 2 amide bonds. The van der Waals surface area contributed by atoms with Gasteiger partial charge in [-0.15, -0.1) is 11.8 Å². The molecule has 0 aliphatic rings. The number of nitrogens with zero attached hydrogens (tertiary/aromatic N) is 1. The fraction of sp³-hybridized carbons (Fsp3) is 0.500. The van der Waals surface area contributed by atoms with Crippen LogP contribution >= 0.6 is 11.8 Å². The van der Waals surface area contributed by atoms with Crippen LogP contribution in [0.2, 0.25) is 0 Å². The van der Waals surface area contributed by atoms with Gasteiger partial charge in [0.1, 0.15) is 5.60 Å². The first-order chi connectivity index (χ1) is 17.9. The molecule has 0 aliphatic heterocycles. The van der Waals surface area contributed by atoms with Crippen LogP contribution in [0.4, 0.5) is 16.2 Å². The summed E-state index contributed by atoms with van der Waals surface area (Å²) in [7, 11) is -2.06. The van der Waals surface area contributed by atoms with Gasteiger partial charge >= 0.3 is 6.09 Å². The Labute approximate surface area is 232 Å². The van der Waals surface area contributed by atoms with Crippen LogP contribution in [0, 0.1) is 0 Å². The number of carbonyl (C=O) groups excluding carboxylic acids is 2. The zero-order valence-electron chi connectivity index (χ0n) is 23.1. The maximum absolute atomic E-state index is 12.8. The van der Waals surface area contributed by atoms with Crippen LogP contribution in [0.3, 0.4) is 0 Å². The van der Waals surface area contributed by atoms with E-state index in [0.717, 1.165) is 46.9 Å². The first-order valence-corrected chi connectivity index (χ1v) is 15.7. The second-order valence-electron chi connectivity index (χ2n) is 10.1. The minimum atomic E-state index is -3.49. The first-order valence-electron chi connectivity index (χ1n) is 12.9. The van der Waals surface area contributed by atoms with Crippen LogP contribution in [-0.2, 0) is 14.8 Å². The summed E-state index contributed by atoms with van der Waals surface area (Å²) in [4.78, 5) is 25.6. The number of thioether (sulfide) groups is 1. The van der Waals surface area contributed by atoms with Crippen LogP contribution in [-0.4, -0.2) is 51.6 Å². The minimum absolute atomic E-state index is 0.290. The summed E-state index contributed by atoms with van der Waals surface area (Å²) in [5.41, 5.74) is 0.806. The number of ether oxygens (including phenoxy) is 1. The molecular formula is C28H41N3O5S2. The molecule has 0 saturated heterocycles. The number of carbonyl (C=O) groups is 2. The van der Waals surface area contributed by atoms with Crippen LogP contribution in [0.25, 0.3) is 0 Å². The molecule has 0 fully saturated rings. The van der Waals surface area contributed by atoms with Crippen molar-refractivity contribution in [2.24, 2.45) is 0 Å². The summed E-state index contributed by atoms with van der Waals surface area (Å²) in [6.45, 7) is 6.21. The van der Waals surface area contributed by atoms with Crippen LogP contribution < -0.4 is 14.9 Å². The molecule has 0 saturated carbocycles. The van der Waals surface area contributed by atoms with Gasteiger partial charge in [0.2, 0.25) is 10.0 Å². The van der Waals surface area contributed by atoms with Gasteiger partial charge in [0, 0.05) is 24.2 Å². The predicted molar refractivity (Wildman–Crippen MR) is 157 cm³/mol. The Morgan fingerprint density at radius 2 is 1.53 bits per heavy atom. The fourth-order valence-electron chi connectivity index (χ4n) is 3.58. The van der Waals surface area contributed by atoms with Crippen molar-refractivity contribution in [2.75, 3.05) is 35.2 Å². The summed E-state index contributed by atoms with van der Waals surface area (Å²) in [5.74, 6) is 0.661. The van der Waals surface area contributed by atoms with Gasteiger partial charge in [-0.3, -0.25) is 9.10 Å². The second-order valence-corrected chi connectivity index (χ2v) is 13.3. The summed E-state index contributed by atoms with van der Waals surface area (Å²) >= 11 is 1.79. The van der Waals surface area contributed by atoms with E-state index >= 15 is 0 Å². The highest BCUT2D eigenvalue weighted by molar-refractivity contribution is 7.99. The standard InChI is InChI=1S/C28H41N3O5S2/c1-28(2,3)36-27(33)29-20-12-8-6-7-9-13-21-37-23-18-16-22(17-19-23)30-26(32)24-14-10-11-15-25(24)31(4)38(5,34)35/h10-11,14-19H,6-9,12-13,20-21H2,1-5H3,(H,29,33)(H,30,32). The monoisotopic (exact) mass is 563 g/mol. The lowest BCUT2D eigenvalue weighted by atomic mass is 10.1. The summed E-state index contributed by atoms with van der Waals surface area (Å²) < 4.78 is 30.2. The van der Waals surface area contributed by atoms with E-state index < -0.39 is 15.6 Å². The fourth-order valence-corrected chi connectivity index (χ4v) is 5.01. The molecule has 210 valence electrons. The topological polar surface area (TPSA) is 105 Å². The number of anilines is 2. The van der Waals surface area contributed by atoms with Crippen LogP contribution in [0.5, 0.6) is 0 Å². The predicted octanol–water partition coefficient (Wildman–Crippen LogP) is 6.29. The number of alkyl carbamates (subject to hydrolysis) is 1. The number of sulfonamides is 1. The van der Waals surface area contributed by atoms with Crippen molar-refractivity contribution in [2.45, 2.75) is 69.8 Å². The number of para-hydroxylation sites is 1. The normalized spacial score (nSPS) is 11.6. The van der Waals surface area contributed by atoms with Crippen molar-refractivity contribution >= 4 is 45.2 Å². The molecule has 0 aromatic heterocycles. The third-order valence-corrected chi connectivity index (χ3v) is 7.90. The summed E-state index contributed by atoms with van der Waals surface area (Å²) in [6, 6.07) is 14.3. The van der Waals surface area contributed by atoms with Gasteiger partial charge in [-0.2, -0.15) is 0 Å². The third kappa shape index (κ3) is 11.8. The molecule has 10 heteroatoms. The van der Waals surface area contributed by atoms with E-state index in [1.807, 2.05) is 45.0 Å². The van der Waals surface area contributed by atoms with Gasteiger partial charge in [-0.25, -0.2) is 13.2 Å². The molecule has 2 N–H and O–H groups in total. The number of benzene rings is 2. The van der Waals surface area contributed by atoms with Crippen molar-refractivity contribution in [3.8, 4) is 0 Å². The molecule has 38 heavy (non-hydrogen) atoms. The van der Waals surface area contributed by atoms with Gasteiger partial charge in [0.25, 0.3) is 5.91 Å². The van der Waals surface area contributed by atoms with E-state index in [1.165, 1.54) is 19.9 Å². The van der Waals surface area contributed by atoms with Crippen LogP contribution in [0.15, 0.2) is 53.4 Å². The lowest BCUT2D eigenvalue weighted by Crippen LogP contribution is -2.32. The molecule has 8 nitrogen and oxygen atoms in total.